The summed E-state index contributed by atoms with van der Waals surface area (Å²) in [5.74, 6) is -1.83. The van der Waals surface area contributed by atoms with Gasteiger partial charge in [-0.25, -0.2) is 0 Å². The number of carbonyl (C=O) groups is 2. The second-order valence-electron chi connectivity index (χ2n) is 6.87. The largest absolute Gasteiger partial charge is 0.462 e. The Morgan fingerprint density at radius 3 is 2.27 bits per heavy atom. The van der Waals surface area contributed by atoms with Crippen molar-refractivity contribution in [1.82, 2.24) is 0 Å². The van der Waals surface area contributed by atoms with E-state index in [4.69, 9.17) is 4.74 Å². The van der Waals surface area contributed by atoms with Gasteiger partial charge in [-0.15, -0.1) is 0 Å². The molecule has 5 nitrogen and oxygen atoms in total. The maximum absolute atomic E-state index is 12.2. The average molecular weight is 314 g/mol. The van der Waals surface area contributed by atoms with Crippen LogP contribution in [0.4, 0.5) is 0 Å². The number of esters is 1. The summed E-state index contributed by atoms with van der Waals surface area (Å²) in [7, 11) is 0. The van der Waals surface area contributed by atoms with Crippen LogP contribution in [0.1, 0.15) is 53.9 Å². The molecule has 0 aliphatic carbocycles. The lowest BCUT2D eigenvalue weighted by Crippen LogP contribution is -2.40. The van der Waals surface area contributed by atoms with Gasteiger partial charge < -0.3 is 14.9 Å². The van der Waals surface area contributed by atoms with Crippen LogP contribution >= 0.6 is 0 Å². The van der Waals surface area contributed by atoms with Crippen LogP contribution in [-0.2, 0) is 14.3 Å². The third kappa shape index (κ3) is 4.53. The lowest BCUT2D eigenvalue weighted by atomic mass is 9.82. The summed E-state index contributed by atoms with van der Waals surface area (Å²) in [6.07, 6.45) is -0.978. The molecule has 0 saturated carbocycles. The number of aliphatic hydroxyl groups excluding tert-OH is 2. The third-order valence-corrected chi connectivity index (χ3v) is 5.02. The van der Waals surface area contributed by atoms with Crippen LogP contribution in [0.5, 0.6) is 0 Å². The van der Waals surface area contributed by atoms with Gasteiger partial charge in [0.05, 0.1) is 18.1 Å². The summed E-state index contributed by atoms with van der Waals surface area (Å²) in [4.78, 5) is 24.5. The van der Waals surface area contributed by atoms with Crippen molar-refractivity contribution in [3.05, 3.63) is 0 Å². The predicted octanol–water partition coefficient (Wildman–Crippen LogP) is 1.94. The number of cyclic esters (lactones) is 1. The zero-order chi connectivity index (χ0) is 17.0. The lowest BCUT2D eigenvalue weighted by Gasteiger charge is -2.32. The predicted molar refractivity (Wildman–Crippen MR) is 83.1 cm³/mol. The second kappa shape index (κ2) is 8.06. The Morgan fingerprint density at radius 1 is 1.14 bits per heavy atom. The van der Waals surface area contributed by atoms with Gasteiger partial charge in [0, 0.05) is 18.3 Å². The highest BCUT2D eigenvalue weighted by atomic mass is 16.5. The first-order valence-electron chi connectivity index (χ1n) is 8.28. The minimum atomic E-state index is -0.833. The lowest BCUT2D eigenvalue weighted by molar-refractivity contribution is -0.164. The number of rotatable bonds is 1. The number of ketones is 1. The Labute approximate surface area is 133 Å². The molecule has 0 amide bonds. The number of Topliss-reactive ketones (excluding diaryl/α,β-unsaturated/α-hetero) is 1. The molecular weight excluding hydrogens is 284 g/mol. The highest BCUT2D eigenvalue weighted by molar-refractivity contribution is 5.81. The van der Waals surface area contributed by atoms with Gasteiger partial charge in [0.15, 0.2) is 0 Å². The quantitative estimate of drug-likeness (QED) is 0.723. The van der Waals surface area contributed by atoms with E-state index in [1.54, 1.807) is 13.8 Å². The van der Waals surface area contributed by atoms with E-state index < -0.39 is 30.2 Å². The maximum Gasteiger partial charge on any atom is 0.311 e. The minimum absolute atomic E-state index is 0.00666. The molecule has 7 unspecified atom stereocenters. The summed E-state index contributed by atoms with van der Waals surface area (Å²) in [5.41, 5.74) is 0. The molecule has 1 aliphatic heterocycles. The Kier molecular flexibility index (Phi) is 7.00. The highest BCUT2D eigenvalue weighted by Gasteiger charge is 2.35. The standard InChI is InChI=1S/C17H30O5/c1-6-15-11(4)14(19)8-13(18)9(2)7-10(3)16(20)12(5)17(21)22-15/h9-12,14-16,19-20H,6-8H2,1-5H3. The molecule has 0 aromatic heterocycles. The van der Waals surface area contributed by atoms with Crippen molar-refractivity contribution in [3.8, 4) is 0 Å². The van der Waals surface area contributed by atoms with Gasteiger partial charge in [0.2, 0.25) is 0 Å². The molecule has 128 valence electrons. The van der Waals surface area contributed by atoms with Crippen LogP contribution in [0.3, 0.4) is 0 Å². The molecule has 1 aliphatic rings. The first-order chi connectivity index (χ1) is 10.2. The molecule has 1 fully saturated rings. The molecule has 5 heteroatoms. The molecule has 1 saturated heterocycles. The normalized spacial score (nSPS) is 42.2. The van der Waals surface area contributed by atoms with Crippen molar-refractivity contribution < 1.29 is 24.5 Å². The van der Waals surface area contributed by atoms with Gasteiger partial charge in [-0.05, 0) is 25.7 Å². The van der Waals surface area contributed by atoms with Crippen molar-refractivity contribution >= 4 is 11.8 Å². The SMILES string of the molecule is CCC1OC(=O)C(C)C(O)C(C)CC(C)C(=O)CC(O)C1C. The van der Waals surface area contributed by atoms with Gasteiger partial charge in [-0.3, -0.25) is 9.59 Å². The number of hydrogen-bond donors (Lipinski definition) is 2. The molecule has 0 radical (unpaired) electrons. The zero-order valence-electron chi connectivity index (χ0n) is 14.3. The average Bonchev–Trinajstić information content (AvgIpc) is 2.48. The molecule has 7 atom stereocenters. The van der Waals surface area contributed by atoms with Gasteiger partial charge in [0.25, 0.3) is 0 Å². The summed E-state index contributed by atoms with van der Waals surface area (Å²) in [6, 6.07) is 0. The van der Waals surface area contributed by atoms with Crippen LogP contribution in [0, 0.1) is 23.7 Å². The van der Waals surface area contributed by atoms with Gasteiger partial charge >= 0.3 is 5.97 Å². The van der Waals surface area contributed by atoms with E-state index in [0.29, 0.717) is 12.8 Å². The van der Waals surface area contributed by atoms with Crippen molar-refractivity contribution in [3.63, 3.8) is 0 Å². The molecule has 1 heterocycles. The number of aliphatic hydroxyl groups is 2. The number of ether oxygens (including phenoxy) is 1. The third-order valence-electron chi connectivity index (χ3n) is 5.02. The van der Waals surface area contributed by atoms with E-state index >= 15 is 0 Å². The molecule has 2 N–H and O–H groups in total. The van der Waals surface area contributed by atoms with E-state index in [1.165, 1.54) is 0 Å². The van der Waals surface area contributed by atoms with E-state index in [2.05, 4.69) is 0 Å². The topological polar surface area (TPSA) is 83.8 Å². The van der Waals surface area contributed by atoms with Gasteiger partial charge in [-0.1, -0.05) is 27.7 Å². The second-order valence-corrected chi connectivity index (χ2v) is 6.87. The van der Waals surface area contributed by atoms with Crippen molar-refractivity contribution in [1.29, 1.82) is 0 Å². The molecule has 22 heavy (non-hydrogen) atoms. The molecule has 0 spiro atoms. The number of hydrogen-bond acceptors (Lipinski definition) is 5. The summed E-state index contributed by atoms with van der Waals surface area (Å²) in [6.45, 7) is 8.96. The van der Waals surface area contributed by atoms with Crippen LogP contribution in [0.2, 0.25) is 0 Å². The Morgan fingerprint density at radius 2 is 1.73 bits per heavy atom. The van der Waals surface area contributed by atoms with E-state index in [1.807, 2.05) is 20.8 Å². The minimum Gasteiger partial charge on any atom is -0.462 e. The van der Waals surface area contributed by atoms with E-state index in [-0.39, 0.29) is 30.0 Å². The van der Waals surface area contributed by atoms with Gasteiger partial charge in [0.1, 0.15) is 11.9 Å². The maximum atomic E-state index is 12.2. The molecule has 0 aromatic rings. The Hall–Kier alpha value is -0.940. The Balaban J connectivity index is 3.03. The van der Waals surface area contributed by atoms with Crippen LogP contribution < -0.4 is 0 Å². The van der Waals surface area contributed by atoms with Crippen molar-refractivity contribution in [2.45, 2.75) is 72.2 Å². The molecule has 0 bridgehead atoms. The zero-order valence-corrected chi connectivity index (χ0v) is 14.3. The molecule has 1 rings (SSSR count). The van der Waals surface area contributed by atoms with Crippen LogP contribution in [0.25, 0.3) is 0 Å². The van der Waals surface area contributed by atoms with E-state index in [0.717, 1.165) is 0 Å². The highest BCUT2D eigenvalue weighted by Crippen LogP contribution is 2.27. The molecular formula is C17H30O5. The summed E-state index contributed by atoms with van der Waals surface area (Å²) in [5, 5.41) is 20.6. The van der Waals surface area contributed by atoms with Crippen molar-refractivity contribution in [2.24, 2.45) is 23.7 Å². The van der Waals surface area contributed by atoms with Crippen LogP contribution in [0.15, 0.2) is 0 Å². The fraction of sp³-hybridized carbons (Fsp3) is 0.882. The Bertz CT molecular complexity index is 395. The number of carbonyl (C=O) groups excluding carboxylic acids is 2. The van der Waals surface area contributed by atoms with Crippen LogP contribution in [-0.4, -0.2) is 40.3 Å². The first-order valence-corrected chi connectivity index (χ1v) is 8.28. The summed E-state index contributed by atoms with van der Waals surface area (Å²) < 4.78 is 5.48. The molecule has 0 aromatic carbocycles. The fourth-order valence-electron chi connectivity index (χ4n) is 3.12. The van der Waals surface area contributed by atoms with Gasteiger partial charge in [-0.2, -0.15) is 0 Å². The van der Waals surface area contributed by atoms with Crippen molar-refractivity contribution in [2.75, 3.05) is 0 Å². The van der Waals surface area contributed by atoms with E-state index in [9.17, 15) is 19.8 Å². The smallest absolute Gasteiger partial charge is 0.311 e. The fourth-order valence-corrected chi connectivity index (χ4v) is 3.12. The summed E-state index contributed by atoms with van der Waals surface area (Å²) >= 11 is 0. The monoisotopic (exact) mass is 314 g/mol. The first kappa shape index (κ1) is 19.1.